The van der Waals surface area contributed by atoms with Gasteiger partial charge in [-0.25, -0.2) is 4.98 Å². The summed E-state index contributed by atoms with van der Waals surface area (Å²) in [5, 5.41) is 3.01. The normalized spacial score (nSPS) is 21.8. The highest BCUT2D eigenvalue weighted by molar-refractivity contribution is 7.99. The summed E-state index contributed by atoms with van der Waals surface area (Å²) >= 11 is 1.87. The number of ether oxygens (including phenoxy) is 1. The first-order valence-electron chi connectivity index (χ1n) is 7.00. The Morgan fingerprint density at radius 1 is 1.57 bits per heavy atom. The standard InChI is InChI=1S/C15H19N3O2S/c1-11-13(18-7-4-3-5-12(18)17-11)14(19)16-9-15(20-2)6-8-21-10-15/h3-5,7H,6,8-10H2,1-2H3,(H,16,19)/t15-/m0/s1. The minimum absolute atomic E-state index is 0.0977. The van der Waals surface area contributed by atoms with E-state index in [1.165, 1.54) is 0 Å². The fraction of sp³-hybridized carbons (Fsp3) is 0.467. The number of methoxy groups -OCH3 is 1. The van der Waals surface area contributed by atoms with Gasteiger partial charge in [-0.2, -0.15) is 11.8 Å². The third-order valence-corrected chi connectivity index (χ3v) is 5.21. The van der Waals surface area contributed by atoms with Crippen molar-refractivity contribution in [3.63, 3.8) is 0 Å². The summed E-state index contributed by atoms with van der Waals surface area (Å²) in [4.78, 5) is 16.9. The van der Waals surface area contributed by atoms with Crippen molar-refractivity contribution in [1.29, 1.82) is 0 Å². The number of carbonyl (C=O) groups is 1. The third-order valence-electron chi connectivity index (χ3n) is 3.99. The second kappa shape index (κ2) is 5.69. The van der Waals surface area contributed by atoms with Gasteiger partial charge >= 0.3 is 0 Å². The van der Waals surface area contributed by atoms with E-state index in [9.17, 15) is 4.79 Å². The summed E-state index contributed by atoms with van der Waals surface area (Å²) < 4.78 is 7.45. The Kier molecular flexibility index (Phi) is 3.91. The van der Waals surface area contributed by atoms with E-state index in [-0.39, 0.29) is 11.5 Å². The maximum atomic E-state index is 12.5. The zero-order valence-corrected chi connectivity index (χ0v) is 13.1. The fourth-order valence-electron chi connectivity index (χ4n) is 2.67. The molecule has 1 aliphatic heterocycles. The van der Waals surface area contributed by atoms with Crippen LogP contribution >= 0.6 is 11.8 Å². The summed E-state index contributed by atoms with van der Waals surface area (Å²) in [6.07, 6.45) is 2.84. The Bertz CT molecular complexity index is 662. The number of imidazole rings is 1. The van der Waals surface area contributed by atoms with Crippen LogP contribution in [0.2, 0.25) is 0 Å². The van der Waals surface area contributed by atoms with Gasteiger partial charge in [-0.05, 0) is 31.2 Å². The van der Waals surface area contributed by atoms with Crippen LogP contribution in [0.4, 0.5) is 0 Å². The molecule has 5 nitrogen and oxygen atoms in total. The molecule has 2 aromatic heterocycles. The molecule has 0 radical (unpaired) electrons. The maximum Gasteiger partial charge on any atom is 0.270 e. The molecule has 1 amide bonds. The van der Waals surface area contributed by atoms with Crippen LogP contribution in [0.15, 0.2) is 24.4 Å². The average molecular weight is 305 g/mol. The zero-order chi connectivity index (χ0) is 14.9. The number of nitrogens with zero attached hydrogens (tertiary/aromatic N) is 2. The van der Waals surface area contributed by atoms with Crippen molar-refractivity contribution in [1.82, 2.24) is 14.7 Å². The Morgan fingerprint density at radius 3 is 3.14 bits per heavy atom. The smallest absolute Gasteiger partial charge is 0.270 e. The van der Waals surface area contributed by atoms with Crippen molar-refractivity contribution in [3.05, 3.63) is 35.8 Å². The fourth-order valence-corrected chi connectivity index (χ4v) is 4.07. The van der Waals surface area contributed by atoms with Crippen LogP contribution in [0.3, 0.4) is 0 Å². The number of hydrogen-bond acceptors (Lipinski definition) is 4. The first-order valence-corrected chi connectivity index (χ1v) is 8.15. The van der Waals surface area contributed by atoms with Crippen LogP contribution in [-0.2, 0) is 4.74 Å². The molecule has 2 aromatic rings. The summed E-state index contributed by atoms with van der Waals surface area (Å²) in [6.45, 7) is 2.40. The van der Waals surface area contributed by atoms with Crippen molar-refractivity contribution in [2.75, 3.05) is 25.2 Å². The number of amides is 1. The lowest BCUT2D eigenvalue weighted by Crippen LogP contribution is -2.44. The molecule has 6 heteroatoms. The SMILES string of the molecule is CO[C@]1(CNC(=O)c2c(C)nc3ccccn23)CCSC1. The second-order valence-corrected chi connectivity index (χ2v) is 6.45. The largest absolute Gasteiger partial charge is 0.376 e. The van der Waals surface area contributed by atoms with Crippen molar-refractivity contribution in [2.45, 2.75) is 18.9 Å². The Labute approximate surface area is 128 Å². The van der Waals surface area contributed by atoms with Gasteiger partial charge < -0.3 is 10.1 Å². The lowest BCUT2D eigenvalue weighted by molar-refractivity contribution is 0.0136. The van der Waals surface area contributed by atoms with Gasteiger partial charge in [0.05, 0.1) is 11.3 Å². The molecule has 0 aliphatic carbocycles. The van der Waals surface area contributed by atoms with E-state index in [4.69, 9.17) is 4.74 Å². The number of rotatable bonds is 4. The molecule has 0 unspecified atom stereocenters. The van der Waals surface area contributed by atoms with Crippen LogP contribution in [0.5, 0.6) is 0 Å². The van der Waals surface area contributed by atoms with Crippen LogP contribution < -0.4 is 5.32 Å². The molecule has 3 heterocycles. The summed E-state index contributed by atoms with van der Waals surface area (Å²) in [5.41, 5.74) is 1.90. The van der Waals surface area contributed by atoms with Crippen molar-refractivity contribution in [3.8, 4) is 0 Å². The maximum absolute atomic E-state index is 12.5. The summed E-state index contributed by atoms with van der Waals surface area (Å²) in [6, 6.07) is 5.71. The highest BCUT2D eigenvalue weighted by Gasteiger charge is 2.35. The highest BCUT2D eigenvalue weighted by atomic mass is 32.2. The van der Waals surface area contributed by atoms with Gasteiger partial charge in [-0.3, -0.25) is 9.20 Å². The van der Waals surface area contributed by atoms with Gasteiger partial charge in [0.25, 0.3) is 5.91 Å². The quantitative estimate of drug-likeness (QED) is 0.937. The lowest BCUT2D eigenvalue weighted by Gasteiger charge is -2.26. The van der Waals surface area contributed by atoms with Crippen LogP contribution in [-0.4, -0.2) is 46.1 Å². The zero-order valence-electron chi connectivity index (χ0n) is 12.3. The van der Waals surface area contributed by atoms with Gasteiger partial charge in [-0.1, -0.05) is 6.07 Å². The monoisotopic (exact) mass is 305 g/mol. The second-order valence-electron chi connectivity index (χ2n) is 5.35. The van der Waals surface area contributed by atoms with Gasteiger partial charge in [0.15, 0.2) is 0 Å². The molecule has 1 N–H and O–H groups in total. The topological polar surface area (TPSA) is 55.6 Å². The van der Waals surface area contributed by atoms with Crippen molar-refractivity contribution < 1.29 is 9.53 Å². The Morgan fingerprint density at radius 2 is 2.43 bits per heavy atom. The van der Waals surface area contributed by atoms with E-state index in [1.54, 1.807) is 7.11 Å². The molecule has 0 bridgehead atoms. The first kappa shape index (κ1) is 14.4. The average Bonchev–Trinajstić information content (AvgIpc) is 3.09. The molecule has 21 heavy (non-hydrogen) atoms. The molecular formula is C15H19N3O2S. The van der Waals surface area contributed by atoms with E-state index in [0.29, 0.717) is 12.2 Å². The van der Waals surface area contributed by atoms with Crippen molar-refractivity contribution >= 4 is 23.3 Å². The number of aryl methyl sites for hydroxylation is 1. The van der Waals surface area contributed by atoms with Gasteiger partial charge in [0, 0.05) is 25.6 Å². The molecular weight excluding hydrogens is 286 g/mol. The minimum Gasteiger partial charge on any atom is -0.376 e. The third kappa shape index (κ3) is 2.65. The summed E-state index contributed by atoms with van der Waals surface area (Å²) in [5.74, 6) is 1.91. The van der Waals surface area contributed by atoms with Crippen LogP contribution in [0, 0.1) is 6.92 Å². The van der Waals surface area contributed by atoms with Gasteiger partial charge in [0.1, 0.15) is 11.3 Å². The molecule has 1 saturated heterocycles. The number of pyridine rings is 1. The molecule has 112 valence electrons. The predicted octanol–water partition coefficient (Wildman–Crippen LogP) is 1.89. The van der Waals surface area contributed by atoms with Gasteiger partial charge in [-0.15, -0.1) is 0 Å². The Balaban J connectivity index is 1.80. The molecule has 1 fully saturated rings. The first-order chi connectivity index (χ1) is 10.2. The molecule has 0 spiro atoms. The predicted molar refractivity (Wildman–Crippen MR) is 83.9 cm³/mol. The van der Waals surface area contributed by atoms with E-state index >= 15 is 0 Å². The Hall–Kier alpha value is -1.53. The van der Waals surface area contributed by atoms with Crippen LogP contribution in [0.1, 0.15) is 22.6 Å². The molecule has 1 atom stereocenters. The number of nitrogens with one attached hydrogen (secondary N) is 1. The summed E-state index contributed by atoms with van der Waals surface area (Å²) in [7, 11) is 1.72. The van der Waals surface area contributed by atoms with E-state index in [1.807, 2.05) is 47.5 Å². The number of carbonyl (C=O) groups excluding carboxylic acids is 1. The van der Waals surface area contributed by atoms with E-state index < -0.39 is 0 Å². The minimum atomic E-state index is -0.227. The van der Waals surface area contributed by atoms with E-state index in [2.05, 4.69) is 10.3 Å². The highest BCUT2D eigenvalue weighted by Crippen LogP contribution is 2.30. The molecule has 3 rings (SSSR count). The van der Waals surface area contributed by atoms with Crippen molar-refractivity contribution in [2.24, 2.45) is 0 Å². The number of thioether (sulfide) groups is 1. The molecule has 1 aliphatic rings. The lowest BCUT2D eigenvalue weighted by atomic mass is 10.0. The van der Waals surface area contributed by atoms with E-state index in [0.717, 1.165) is 29.3 Å². The number of hydrogen-bond donors (Lipinski definition) is 1. The number of aromatic nitrogens is 2. The number of fused-ring (bicyclic) bond motifs is 1. The van der Waals surface area contributed by atoms with Gasteiger partial charge in [0.2, 0.25) is 0 Å². The molecule has 0 saturated carbocycles. The molecule has 0 aromatic carbocycles. The van der Waals surface area contributed by atoms with Crippen LogP contribution in [0.25, 0.3) is 5.65 Å².